The zero-order valence-electron chi connectivity index (χ0n) is 12.4. The molecule has 0 aromatic heterocycles. The molecular weight excluding hydrogens is 354 g/mol. The van der Waals surface area contributed by atoms with E-state index in [9.17, 15) is 4.79 Å². The highest BCUT2D eigenvalue weighted by Crippen LogP contribution is 2.35. The van der Waals surface area contributed by atoms with Crippen LogP contribution in [0.15, 0.2) is 22.7 Å². The Bertz CT molecular complexity index is 523. The van der Waals surface area contributed by atoms with Crippen molar-refractivity contribution in [2.45, 2.75) is 44.6 Å². The van der Waals surface area contributed by atoms with Gasteiger partial charge in [-0.15, -0.1) is 0 Å². The molecule has 1 N–H and O–H groups in total. The molecule has 3 nitrogen and oxygen atoms in total. The van der Waals surface area contributed by atoms with Crippen molar-refractivity contribution in [1.82, 2.24) is 0 Å². The van der Waals surface area contributed by atoms with Crippen LogP contribution in [0.4, 0.5) is 5.69 Å². The third-order valence-electron chi connectivity index (χ3n) is 4.24. The van der Waals surface area contributed by atoms with Crippen molar-refractivity contribution in [2.24, 2.45) is 5.92 Å². The molecule has 1 aromatic carbocycles. The summed E-state index contributed by atoms with van der Waals surface area (Å²) < 4.78 is 5.89. The summed E-state index contributed by atoms with van der Waals surface area (Å²) in [5, 5.41) is 4.07. The summed E-state index contributed by atoms with van der Waals surface area (Å²) in [6, 6.07) is 5.62. The van der Waals surface area contributed by atoms with Crippen LogP contribution in [0, 0.1) is 5.92 Å². The number of hydrogen-bond acceptors (Lipinski definition) is 3. The van der Waals surface area contributed by atoms with Gasteiger partial charge in [-0.1, -0.05) is 31.4 Å². The van der Waals surface area contributed by atoms with Crippen LogP contribution in [-0.4, -0.2) is 18.6 Å². The number of rotatable bonds is 3. The maximum absolute atomic E-state index is 12.4. The number of benzene rings is 1. The molecule has 0 bridgehead atoms. The first-order valence-electron chi connectivity index (χ1n) is 7.28. The number of halogens is 2. The van der Waals surface area contributed by atoms with Gasteiger partial charge >= 0.3 is 5.97 Å². The highest BCUT2D eigenvalue weighted by molar-refractivity contribution is 9.10. The van der Waals surface area contributed by atoms with Gasteiger partial charge in [0.15, 0.2) is 0 Å². The van der Waals surface area contributed by atoms with Crippen LogP contribution in [-0.2, 0) is 9.53 Å². The van der Waals surface area contributed by atoms with Gasteiger partial charge in [0.2, 0.25) is 0 Å². The zero-order chi connectivity index (χ0) is 15.5. The van der Waals surface area contributed by atoms with Crippen molar-refractivity contribution in [2.75, 3.05) is 12.4 Å². The van der Waals surface area contributed by atoms with E-state index in [-0.39, 0.29) is 5.97 Å². The van der Waals surface area contributed by atoms with Crippen molar-refractivity contribution in [3.05, 3.63) is 27.7 Å². The molecule has 0 amide bonds. The van der Waals surface area contributed by atoms with E-state index >= 15 is 0 Å². The van der Waals surface area contributed by atoms with Gasteiger partial charge < -0.3 is 10.1 Å². The minimum Gasteiger partial charge on any atom is -0.467 e. The van der Waals surface area contributed by atoms with Crippen LogP contribution >= 0.6 is 27.5 Å². The van der Waals surface area contributed by atoms with Crippen molar-refractivity contribution >= 4 is 39.2 Å². The molecule has 1 saturated carbocycles. The van der Waals surface area contributed by atoms with E-state index < -0.39 is 5.54 Å². The summed E-state index contributed by atoms with van der Waals surface area (Å²) in [5.74, 6) is 0.470. The molecule has 0 spiro atoms. The van der Waals surface area contributed by atoms with E-state index in [4.69, 9.17) is 16.3 Å². The van der Waals surface area contributed by atoms with Crippen LogP contribution in [0.3, 0.4) is 0 Å². The Morgan fingerprint density at radius 3 is 2.86 bits per heavy atom. The molecule has 2 unspecified atom stereocenters. The summed E-state index contributed by atoms with van der Waals surface area (Å²) in [6.07, 6.45) is 4.80. The van der Waals surface area contributed by atoms with E-state index in [1.165, 1.54) is 7.11 Å². The molecule has 0 radical (unpaired) electrons. The molecule has 0 aliphatic heterocycles. The lowest BCUT2D eigenvalue weighted by molar-refractivity contribution is -0.146. The summed E-state index contributed by atoms with van der Waals surface area (Å²) in [4.78, 5) is 12.4. The van der Waals surface area contributed by atoms with E-state index in [2.05, 4.69) is 28.2 Å². The maximum Gasteiger partial charge on any atom is 0.331 e. The van der Waals surface area contributed by atoms with Crippen molar-refractivity contribution in [1.29, 1.82) is 0 Å². The number of carbonyl (C=O) groups excluding carboxylic acids is 1. The van der Waals surface area contributed by atoms with Crippen LogP contribution < -0.4 is 5.32 Å². The Balaban J connectivity index is 2.27. The largest absolute Gasteiger partial charge is 0.467 e. The third-order valence-corrected chi connectivity index (χ3v) is 5.46. The average Bonchev–Trinajstić information content (AvgIpc) is 2.65. The highest BCUT2D eigenvalue weighted by atomic mass is 79.9. The molecular formula is C16H21BrClNO2. The fourth-order valence-corrected chi connectivity index (χ4v) is 3.44. The second kappa shape index (κ2) is 7.01. The Hall–Kier alpha value is -0.740. The van der Waals surface area contributed by atoms with Gasteiger partial charge in [0.1, 0.15) is 5.54 Å². The van der Waals surface area contributed by atoms with Gasteiger partial charge in [-0.3, -0.25) is 0 Å². The molecule has 1 aliphatic carbocycles. The lowest BCUT2D eigenvalue weighted by Crippen LogP contribution is -2.46. The van der Waals surface area contributed by atoms with E-state index in [1.807, 2.05) is 18.2 Å². The second-order valence-electron chi connectivity index (χ2n) is 5.86. The van der Waals surface area contributed by atoms with E-state index in [0.717, 1.165) is 42.3 Å². The molecule has 0 heterocycles. The van der Waals surface area contributed by atoms with Crippen LogP contribution in [0.25, 0.3) is 0 Å². The lowest BCUT2D eigenvalue weighted by atomic mass is 9.89. The number of methoxy groups -OCH3 is 1. The van der Waals surface area contributed by atoms with Crippen LogP contribution in [0.2, 0.25) is 5.02 Å². The number of anilines is 1. The number of ether oxygens (including phenoxy) is 1. The first-order valence-corrected chi connectivity index (χ1v) is 8.45. The minimum absolute atomic E-state index is 0.178. The molecule has 1 aromatic rings. The van der Waals surface area contributed by atoms with Gasteiger partial charge in [-0.05, 0) is 59.3 Å². The third kappa shape index (κ3) is 3.92. The number of carbonyl (C=O) groups is 1. The van der Waals surface area contributed by atoms with Gasteiger partial charge in [-0.2, -0.15) is 0 Å². The Morgan fingerprint density at radius 2 is 2.19 bits per heavy atom. The second-order valence-corrected chi connectivity index (χ2v) is 7.13. The Labute approximate surface area is 139 Å². The molecule has 5 heteroatoms. The van der Waals surface area contributed by atoms with Crippen molar-refractivity contribution in [3.63, 3.8) is 0 Å². The summed E-state index contributed by atoms with van der Waals surface area (Å²) in [5.41, 5.74) is 0.249. The Morgan fingerprint density at radius 1 is 1.43 bits per heavy atom. The van der Waals surface area contributed by atoms with Gasteiger partial charge in [-0.25, -0.2) is 4.79 Å². The zero-order valence-corrected chi connectivity index (χ0v) is 14.8. The first-order chi connectivity index (χ1) is 9.97. The summed E-state index contributed by atoms with van der Waals surface area (Å²) >= 11 is 9.45. The summed E-state index contributed by atoms with van der Waals surface area (Å²) in [7, 11) is 1.46. The van der Waals surface area contributed by atoms with E-state index in [1.54, 1.807) is 0 Å². The van der Waals surface area contributed by atoms with Crippen LogP contribution in [0.5, 0.6) is 0 Å². The first kappa shape index (κ1) is 16.6. The lowest BCUT2D eigenvalue weighted by Gasteiger charge is -2.32. The summed E-state index contributed by atoms with van der Waals surface area (Å²) in [6.45, 7) is 2.24. The van der Waals surface area contributed by atoms with Gasteiger partial charge in [0.25, 0.3) is 0 Å². The molecule has 0 saturated heterocycles. The number of esters is 1. The van der Waals surface area contributed by atoms with Crippen molar-refractivity contribution in [3.8, 4) is 0 Å². The van der Waals surface area contributed by atoms with Gasteiger partial charge in [0.05, 0.1) is 12.1 Å². The Kier molecular flexibility index (Phi) is 5.55. The quantitative estimate of drug-likeness (QED) is 0.596. The molecule has 1 fully saturated rings. The molecule has 1 aliphatic rings. The fourth-order valence-electron chi connectivity index (χ4n) is 2.94. The maximum atomic E-state index is 12.4. The minimum atomic E-state index is -0.632. The number of nitrogens with one attached hydrogen (secondary N) is 1. The number of hydrogen-bond donors (Lipinski definition) is 1. The topological polar surface area (TPSA) is 38.3 Å². The van der Waals surface area contributed by atoms with Crippen LogP contribution in [0.1, 0.15) is 39.0 Å². The smallest absolute Gasteiger partial charge is 0.331 e. The predicted octanol–water partition coefficient (Wildman–Crippen LogP) is 5.03. The van der Waals surface area contributed by atoms with Gasteiger partial charge in [0, 0.05) is 10.2 Å². The van der Waals surface area contributed by atoms with Crippen molar-refractivity contribution < 1.29 is 9.53 Å². The normalized spacial score (nSPS) is 26.0. The fraction of sp³-hybridized carbons (Fsp3) is 0.562. The average molecular weight is 375 g/mol. The highest BCUT2D eigenvalue weighted by Gasteiger charge is 2.40. The van der Waals surface area contributed by atoms with E-state index in [0.29, 0.717) is 10.9 Å². The molecule has 21 heavy (non-hydrogen) atoms. The standard InChI is InChI=1S/C16H21BrClNO2/c1-11-4-3-8-16(9-7-11,15(20)21-2)19-12-5-6-14(18)13(17)10-12/h5-6,10-11,19H,3-4,7-9H2,1-2H3. The molecule has 2 atom stereocenters. The monoisotopic (exact) mass is 373 g/mol. The molecule has 2 rings (SSSR count). The molecule has 116 valence electrons. The predicted molar refractivity (Wildman–Crippen MR) is 89.8 cm³/mol. The SMILES string of the molecule is COC(=O)C1(Nc2ccc(Cl)c(Br)c2)CCCC(C)CC1.